The number of hydrogen-bond donors (Lipinski definition) is 2. The molecule has 2 aromatic rings. The SMILES string of the molecule is CCc1noc(CC)c1CNC(=O)N[C@@H](c1ncccc1C)C(C)C. The molecule has 2 rings (SSSR count). The van der Waals surface area contributed by atoms with Gasteiger partial charge < -0.3 is 15.2 Å². The fraction of sp³-hybridized carbons (Fsp3) is 0.526. The third-order valence-corrected chi connectivity index (χ3v) is 4.33. The number of hydrogen-bond acceptors (Lipinski definition) is 4. The molecule has 0 saturated heterocycles. The van der Waals surface area contributed by atoms with E-state index in [4.69, 9.17) is 4.52 Å². The predicted octanol–water partition coefficient (Wildman–Crippen LogP) is 3.70. The first kappa shape index (κ1) is 19.0. The van der Waals surface area contributed by atoms with E-state index in [1.807, 2.05) is 32.9 Å². The number of urea groups is 1. The van der Waals surface area contributed by atoms with Crippen LogP contribution in [0.15, 0.2) is 22.9 Å². The molecule has 2 N–H and O–H groups in total. The van der Waals surface area contributed by atoms with Crippen molar-refractivity contribution in [2.24, 2.45) is 5.92 Å². The zero-order chi connectivity index (χ0) is 18.4. The van der Waals surface area contributed by atoms with Crippen LogP contribution in [0.2, 0.25) is 0 Å². The largest absolute Gasteiger partial charge is 0.361 e. The summed E-state index contributed by atoms with van der Waals surface area (Å²) in [5.74, 6) is 1.06. The Morgan fingerprint density at radius 3 is 2.64 bits per heavy atom. The van der Waals surface area contributed by atoms with Gasteiger partial charge in [-0.2, -0.15) is 0 Å². The third kappa shape index (κ3) is 4.59. The Labute approximate surface area is 149 Å². The summed E-state index contributed by atoms with van der Waals surface area (Å²) in [5.41, 5.74) is 3.86. The van der Waals surface area contributed by atoms with Crippen LogP contribution in [0.5, 0.6) is 0 Å². The molecule has 0 aliphatic carbocycles. The summed E-state index contributed by atoms with van der Waals surface area (Å²) >= 11 is 0. The van der Waals surface area contributed by atoms with Gasteiger partial charge in [0, 0.05) is 24.7 Å². The summed E-state index contributed by atoms with van der Waals surface area (Å²) in [4.78, 5) is 16.9. The number of nitrogens with zero attached hydrogens (tertiary/aromatic N) is 2. The Kier molecular flexibility index (Phi) is 6.56. The smallest absolute Gasteiger partial charge is 0.315 e. The molecule has 0 spiro atoms. The van der Waals surface area contributed by atoms with E-state index in [2.05, 4.69) is 34.6 Å². The van der Waals surface area contributed by atoms with Gasteiger partial charge in [-0.05, 0) is 30.9 Å². The zero-order valence-corrected chi connectivity index (χ0v) is 15.7. The summed E-state index contributed by atoms with van der Waals surface area (Å²) in [7, 11) is 0. The summed E-state index contributed by atoms with van der Waals surface area (Å²) in [5, 5.41) is 10.1. The molecule has 6 nitrogen and oxygen atoms in total. The number of aromatic nitrogens is 2. The van der Waals surface area contributed by atoms with Gasteiger partial charge in [0.05, 0.1) is 17.4 Å². The van der Waals surface area contributed by atoms with Gasteiger partial charge in [-0.25, -0.2) is 4.79 Å². The van der Waals surface area contributed by atoms with Crippen molar-refractivity contribution in [1.29, 1.82) is 0 Å². The topological polar surface area (TPSA) is 80.0 Å². The molecule has 2 aromatic heterocycles. The van der Waals surface area contributed by atoms with Crippen LogP contribution in [-0.2, 0) is 19.4 Å². The summed E-state index contributed by atoms with van der Waals surface area (Å²) < 4.78 is 5.34. The lowest BCUT2D eigenvalue weighted by Crippen LogP contribution is -2.40. The fourth-order valence-corrected chi connectivity index (χ4v) is 2.87. The third-order valence-electron chi connectivity index (χ3n) is 4.33. The van der Waals surface area contributed by atoms with Gasteiger partial charge in [-0.1, -0.05) is 38.9 Å². The second-order valence-corrected chi connectivity index (χ2v) is 6.49. The first-order valence-corrected chi connectivity index (χ1v) is 8.90. The van der Waals surface area contributed by atoms with E-state index in [1.165, 1.54) is 0 Å². The van der Waals surface area contributed by atoms with E-state index in [0.29, 0.717) is 6.54 Å². The fourth-order valence-electron chi connectivity index (χ4n) is 2.87. The Hall–Kier alpha value is -2.37. The predicted molar refractivity (Wildman–Crippen MR) is 97.2 cm³/mol. The van der Waals surface area contributed by atoms with Crippen molar-refractivity contribution in [3.63, 3.8) is 0 Å². The van der Waals surface area contributed by atoms with Crippen LogP contribution < -0.4 is 10.6 Å². The molecule has 0 aliphatic heterocycles. The molecule has 25 heavy (non-hydrogen) atoms. The Morgan fingerprint density at radius 2 is 2.04 bits per heavy atom. The molecule has 136 valence electrons. The summed E-state index contributed by atoms with van der Waals surface area (Å²) in [6.07, 6.45) is 3.30. The molecule has 0 bridgehead atoms. The van der Waals surface area contributed by atoms with Crippen molar-refractivity contribution in [2.75, 3.05) is 0 Å². The molecule has 0 aromatic carbocycles. The lowest BCUT2D eigenvalue weighted by Gasteiger charge is -2.23. The van der Waals surface area contributed by atoms with Crippen LogP contribution in [0.1, 0.15) is 62.0 Å². The van der Waals surface area contributed by atoms with Gasteiger partial charge in [0.1, 0.15) is 5.76 Å². The van der Waals surface area contributed by atoms with Crippen molar-refractivity contribution in [3.05, 3.63) is 46.6 Å². The minimum Gasteiger partial charge on any atom is -0.361 e. The molecule has 2 heterocycles. The minimum absolute atomic E-state index is 0.139. The van der Waals surface area contributed by atoms with Gasteiger partial charge in [0.15, 0.2) is 0 Å². The standard InChI is InChI=1S/C19H28N4O2/c1-6-15-14(16(7-2)25-23-15)11-21-19(24)22-17(12(3)4)18-13(5)9-8-10-20-18/h8-10,12,17H,6-7,11H2,1-5H3,(H2,21,22,24)/t17-/m1/s1. The number of pyridine rings is 1. The number of amides is 2. The molecule has 0 aliphatic rings. The first-order valence-electron chi connectivity index (χ1n) is 8.90. The number of carbonyl (C=O) groups is 1. The Bertz CT molecular complexity index is 688. The lowest BCUT2D eigenvalue weighted by atomic mass is 9.97. The quantitative estimate of drug-likeness (QED) is 0.802. The zero-order valence-electron chi connectivity index (χ0n) is 15.7. The van der Waals surface area contributed by atoms with Gasteiger partial charge in [-0.3, -0.25) is 4.98 Å². The average Bonchev–Trinajstić information content (AvgIpc) is 3.00. The van der Waals surface area contributed by atoms with E-state index in [9.17, 15) is 4.79 Å². The van der Waals surface area contributed by atoms with Crippen molar-refractivity contribution in [2.45, 2.75) is 60.0 Å². The summed E-state index contributed by atoms with van der Waals surface area (Å²) in [6.45, 7) is 10.6. The lowest BCUT2D eigenvalue weighted by molar-refractivity contribution is 0.232. The minimum atomic E-state index is -0.214. The van der Waals surface area contributed by atoms with Crippen molar-refractivity contribution < 1.29 is 9.32 Å². The molecule has 0 fully saturated rings. The molecule has 0 unspecified atom stereocenters. The van der Waals surface area contributed by atoms with Gasteiger partial charge in [0.2, 0.25) is 0 Å². The van der Waals surface area contributed by atoms with E-state index in [0.717, 1.165) is 41.1 Å². The Balaban J connectivity index is 2.06. The highest BCUT2D eigenvalue weighted by atomic mass is 16.5. The Morgan fingerprint density at radius 1 is 1.28 bits per heavy atom. The van der Waals surface area contributed by atoms with Gasteiger partial charge in [0.25, 0.3) is 0 Å². The highest BCUT2D eigenvalue weighted by molar-refractivity contribution is 5.74. The first-order chi connectivity index (χ1) is 12.0. The monoisotopic (exact) mass is 344 g/mol. The van der Waals surface area contributed by atoms with E-state index < -0.39 is 0 Å². The molecular formula is C19H28N4O2. The average molecular weight is 344 g/mol. The molecular weight excluding hydrogens is 316 g/mol. The van der Waals surface area contributed by atoms with E-state index >= 15 is 0 Å². The van der Waals surface area contributed by atoms with E-state index in [1.54, 1.807) is 6.20 Å². The maximum Gasteiger partial charge on any atom is 0.315 e. The van der Waals surface area contributed by atoms with Crippen molar-refractivity contribution >= 4 is 6.03 Å². The van der Waals surface area contributed by atoms with Crippen LogP contribution in [0.4, 0.5) is 4.79 Å². The highest BCUT2D eigenvalue weighted by Crippen LogP contribution is 2.22. The molecule has 2 amide bonds. The second kappa shape index (κ2) is 8.65. The number of carbonyl (C=O) groups excluding carboxylic acids is 1. The summed E-state index contributed by atoms with van der Waals surface area (Å²) in [6, 6.07) is 3.56. The highest BCUT2D eigenvalue weighted by Gasteiger charge is 2.22. The van der Waals surface area contributed by atoms with Crippen LogP contribution >= 0.6 is 0 Å². The van der Waals surface area contributed by atoms with Crippen molar-refractivity contribution in [3.8, 4) is 0 Å². The number of rotatable bonds is 7. The van der Waals surface area contributed by atoms with E-state index in [-0.39, 0.29) is 18.0 Å². The normalized spacial score (nSPS) is 12.2. The maximum atomic E-state index is 12.4. The van der Waals surface area contributed by atoms with Gasteiger partial charge in [-0.15, -0.1) is 0 Å². The van der Waals surface area contributed by atoms with Crippen LogP contribution in [0, 0.1) is 12.8 Å². The number of nitrogens with one attached hydrogen (secondary N) is 2. The molecule has 0 radical (unpaired) electrons. The van der Waals surface area contributed by atoms with Gasteiger partial charge >= 0.3 is 6.03 Å². The van der Waals surface area contributed by atoms with Crippen LogP contribution in [0.25, 0.3) is 0 Å². The maximum absolute atomic E-state index is 12.4. The van der Waals surface area contributed by atoms with Crippen molar-refractivity contribution in [1.82, 2.24) is 20.8 Å². The second-order valence-electron chi connectivity index (χ2n) is 6.49. The number of aryl methyl sites for hydroxylation is 3. The molecule has 1 atom stereocenters. The molecule has 0 saturated carbocycles. The van der Waals surface area contributed by atoms with Crippen LogP contribution in [-0.4, -0.2) is 16.2 Å². The van der Waals surface area contributed by atoms with Crippen LogP contribution in [0.3, 0.4) is 0 Å². The molecule has 6 heteroatoms.